The molecule has 160 valence electrons. The summed E-state index contributed by atoms with van der Waals surface area (Å²) in [6.45, 7) is 2.01. The van der Waals surface area contributed by atoms with Crippen molar-refractivity contribution in [2.24, 2.45) is 11.8 Å². The molecule has 0 heterocycles. The Balaban J connectivity index is 1.90. The van der Waals surface area contributed by atoms with Crippen LogP contribution in [-0.4, -0.2) is 19.0 Å². The third-order valence-corrected chi connectivity index (χ3v) is 6.41. The van der Waals surface area contributed by atoms with E-state index in [0.29, 0.717) is 5.92 Å². The van der Waals surface area contributed by atoms with Gasteiger partial charge in [0.25, 0.3) is 0 Å². The number of esters is 1. The maximum Gasteiger partial charge on any atom is 0.305 e. The van der Waals surface area contributed by atoms with Crippen LogP contribution < -0.4 is 5.32 Å². The lowest BCUT2D eigenvalue weighted by Crippen LogP contribution is -2.39. The largest absolute Gasteiger partial charge is 0.469 e. The second kappa shape index (κ2) is 11.0. The van der Waals surface area contributed by atoms with E-state index in [4.69, 9.17) is 4.74 Å². The number of rotatable bonds is 8. The minimum Gasteiger partial charge on any atom is -0.469 e. The molecule has 3 atom stereocenters. The van der Waals surface area contributed by atoms with Gasteiger partial charge in [0.15, 0.2) is 0 Å². The van der Waals surface area contributed by atoms with E-state index in [1.807, 2.05) is 67.6 Å². The molecule has 0 saturated heterocycles. The Kier molecular flexibility index (Phi) is 8.06. The molecule has 1 fully saturated rings. The summed E-state index contributed by atoms with van der Waals surface area (Å²) in [5.41, 5.74) is 2.04. The predicted octanol–water partition coefficient (Wildman–Crippen LogP) is 5.41. The van der Waals surface area contributed by atoms with Crippen molar-refractivity contribution in [2.75, 3.05) is 7.11 Å². The van der Waals surface area contributed by atoms with Crippen molar-refractivity contribution in [3.05, 3.63) is 71.8 Å². The maximum atomic E-state index is 13.6. The summed E-state index contributed by atoms with van der Waals surface area (Å²) >= 11 is 0. The van der Waals surface area contributed by atoms with Gasteiger partial charge in [0.1, 0.15) is 0 Å². The minimum atomic E-state index is -0.375. The molecule has 4 heteroatoms. The van der Waals surface area contributed by atoms with E-state index in [1.165, 1.54) is 13.5 Å². The number of hydrogen-bond acceptors (Lipinski definition) is 3. The number of amides is 1. The zero-order valence-electron chi connectivity index (χ0n) is 18.1. The monoisotopic (exact) mass is 407 g/mol. The van der Waals surface area contributed by atoms with Crippen LogP contribution in [0.4, 0.5) is 0 Å². The van der Waals surface area contributed by atoms with Crippen LogP contribution in [0.3, 0.4) is 0 Å². The van der Waals surface area contributed by atoms with Crippen LogP contribution in [0.5, 0.6) is 0 Å². The van der Waals surface area contributed by atoms with Gasteiger partial charge in [-0.25, -0.2) is 0 Å². The zero-order chi connectivity index (χ0) is 21.3. The summed E-state index contributed by atoms with van der Waals surface area (Å²) < 4.78 is 5.02. The van der Waals surface area contributed by atoms with Crippen molar-refractivity contribution in [1.82, 2.24) is 5.32 Å². The first-order valence-electron chi connectivity index (χ1n) is 11.1. The number of nitrogens with one attached hydrogen (secondary N) is 1. The lowest BCUT2D eigenvalue weighted by molar-refractivity contribution is -0.143. The Morgan fingerprint density at radius 2 is 1.50 bits per heavy atom. The number of carbonyl (C=O) groups is 2. The van der Waals surface area contributed by atoms with E-state index >= 15 is 0 Å². The molecule has 30 heavy (non-hydrogen) atoms. The van der Waals surface area contributed by atoms with Gasteiger partial charge in [0, 0.05) is 6.42 Å². The predicted molar refractivity (Wildman–Crippen MR) is 119 cm³/mol. The van der Waals surface area contributed by atoms with Crippen LogP contribution in [0, 0.1) is 11.8 Å². The third-order valence-electron chi connectivity index (χ3n) is 6.41. The lowest BCUT2D eigenvalue weighted by Gasteiger charge is -2.35. The highest BCUT2D eigenvalue weighted by molar-refractivity contribution is 5.85. The molecule has 1 aliphatic rings. The topological polar surface area (TPSA) is 55.4 Å². The number of benzene rings is 2. The van der Waals surface area contributed by atoms with Gasteiger partial charge in [0.2, 0.25) is 5.91 Å². The van der Waals surface area contributed by atoms with Gasteiger partial charge in [-0.1, -0.05) is 92.8 Å². The molecule has 0 bridgehead atoms. The first-order chi connectivity index (χ1) is 14.6. The number of ether oxygens (including phenoxy) is 1. The normalized spacial score (nSPS) is 17.5. The molecule has 1 amide bonds. The number of hydrogen-bond donors (Lipinski definition) is 1. The summed E-state index contributed by atoms with van der Waals surface area (Å²) in [6.07, 6.45) is 5.94. The highest BCUT2D eigenvalue weighted by atomic mass is 16.5. The van der Waals surface area contributed by atoms with Gasteiger partial charge < -0.3 is 10.1 Å². The van der Waals surface area contributed by atoms with Crippen molar-refractivity contribution >= 4 is 11.9 Å². The molecule has 0 radical (unpaired) electrons. The van der Waals surface area contributed by atoms with Gasteiger partial charge in [0.05, 0.1) is 19.1 Å². The highest BCUT2D eigenvalue weighted by Gasteiger charge is 2.38. The molecule has 2 aromatic carbocycles. The second-order valence-corrected chi connectivity index (χ2v) is 8.37. The molecule has 4 nitrogen and oxygen atoms in total. The average Bonchev–Trinajstić information content (AvgIpc) is 2.80. The van der Waals surface area contributed by atoms with Crippen LogP contribution in [0.1, 0.15) is 68.5 Å². The van der Waals surface area contributed by atoms with E-state index in [2.05, 4.69) is 5.32 Å². The molecule has 1 N–H and O–H groups in total. The maximum absolute atomic E-state index is 13.6. The van der Waals surface area contributed by atoms with Gasteiger partial charge in [-0.2, -0.15) is 0 Å². The number of methoxy groups -OCH3 is 1. The zero-order valence-corrected chi connectivity index (χ0v) is 18.1. The summed E-state index contributed by atoms with van der Waals surface area (Å²) in [5.74, 6) is -0.351. The Morgan fingerprint density at radius 1 is 0.933 bits per heavy atom. The van der Waals surface area contributed by atoms with Crippen LogP contribution in [-0.2, 0) is 14.3 Å². The fourth-order valence-corrected chi connectivity index (χ4v) is 4.78. The summed E-state index contributed by atoms with van der Waals surface area (Å²) in [4.78, 5) is 25.9. The van der Waals surface area contributed by atoms with Crippen molar-refractivity contribution in [2.45, 2.75) is 57.4 Å². The molecule has 1 saturated carbocycles. The van der Waals surface area contributed by atoms with Crippen LogP contribution in [0.25, 0.3) is 0 Å². The van der Waals surface area contributed by atoms with E-state index in [1.54, 1.807) is 0 Å². The molecule has 1 aliphatic carbocycles. The van der Waals surface area contributed by atoms with Crippen molar-refractivity contribution in [3.63, 3.8) is 0 Å². The second-order valence-electron chi connectivity index (χ2n) is 8.37. The molecule has 2 aromatic rings. The molecule has 0 unspecified atom stereocenters. The molecule has 3 rings (SSSR count). The van der Waals surface area contributed by atoms with Gasteiger partial charge in [-0.3, -0.25) is 9.59 Å². The van der Waals surface area contributed by atoms with Gasteiger partial charge in [-0.05, 0) is 29.9 Å². The van der Waals surface area contributed by atoms with Crippen LogP contribution in [0.2, 0.25) is 0 Å². The van der Waals surface area contributed by atoms with Gasteiger partial charge >= 0.3 is 5.97 Å². The third kappa shape index (κ3) is 5.71. The molecule has 0 aromatic heterocycles. The SMILES string of the molecule is COC(=O)C[C@@H](C1CCCCC1)[C@H](C(=O)N[C@@H](C)c1ccccc1)c1ccccc1. The Morgan fingerprint density at radius 3 is 2.07 bits per heavy atom. The number of carbonyl (C=O) groups excluding carboxylic acids is 2. The van der Waals surface area contributed by atoms with Gasteiger partial charge in [-0.15, -0.1) is 0 Å². The van der Waals surface area contributed by atoms with Crippen LogP contribution in [0.15, 0.2) is 60.7 Å². The summed E-state index contributed by atoms with van der Waals surface area (Å²) in [7, 11) is 1.43. The average molecular weight is 408 g/mol. The standard InChI is InChI=1S/C26H33NO3/c1-19(20-12-6-3-7-13-20)27-26(29)25(22-16-10-5-11-17-22)23(18-24(28)30-2)21-14-8-4-9-15-21/h3,5-7,10-13,16-17,19,21,23,25H,4,8-9,14-15,18H2,1-2H3,(H,27,29)/t19-,23-,25+/m0/s1. The van der Waals surface area contributed by atoms with Crippen LogP contribution >= 0.6 is 0 Å². The van der Waals surface area contributed by atoms with Crippen molar-refractivity contribution in [1.29, 1.82) is 0 Å². The Hall–Kier alpha value is -2.62. The van der Waals surface area contributed by atoms with E-state index in [-0.39, 0.29) is 36.2 Å². The lowest BCUT2D eigenvalue weighted by atomic mass is 9.70. The first-order valence-corrected chi connectivity index (χ1v) is 11.1. The fourth-order valence-electron chi connectivity index (χ4n) is 4.78. The first kappa shape index (κ1) is 22.1. The summed E-state index contributed by atoms with van der Waals surface area (Å²) in [5, 5.41) is 3.21. The van der Waals surface area contributed by atoms with Crippen molar-refractivity contribution < 1.29 is 14.3 Å². The Bertz CT molecular complexity index is 800. The summed E-state index contributed by atoms with van der Waals surface area (Å²) in [6, 6.07) is 19.8. The van der Waals surface area contributed by atoms with E-state index in [0.717, 1.165) is 36.8 Å². The molecular formula is C26H33NO3. The smallest absolute Gasteiger partial charge is 0.305 e. The Labute approximate surface area is 180 Å². The minimum absolute atomic E-state index is 0.0166. The van der Waals surface area contributed by atoms with E-state index < -0.39 is 0 Å². The highest BCUT2D eigenvalue weighted by Crippen LogP contribution is 2.41. The fraction of sp³-hybridized carbons (Fsp3) is 0.462. The van der Waals surface area contributed by atoms with E-state index in [9.17, 15) is 9.59 Å². The molecule has 0 spiro atoms. The molecule has 0 aliphatic heterocycles. The van der Waals surface area contributed by atoms with Crippen molar-refractivity contribution in [3.8, 4) is 0 Å². The quantitative estimate of drug-likeness (QED) is 0.596. The molecular weight excluding hydrogens is 374 g/mol.